The minimum atomic E-state index is -1.14. The van der Waals surface area contributed by atoms with Crippen LogP contribution < -0.4 is 5.56 Å². The summed E-state index contributed by atoms with van der Waals surface area (Å²) in [5.41, 5.74) is 0.493. The van der Waals surface area contributed by atoms with E-state index in [1.807, 2.05) is 6.92 Å². The highest BCUT2D eigenvalue weighted by Crippen LogP contribution is 2.34. The Hall–Kier alpha value is -1.58. The summed E-state index contributed by atoms with van der Waals surface area (Å²) >= 11 is 0. The minimum absolute atomic E-state index is 0.119. The van der Waals surface area contributed by atoms with E-state index in [2.05, 4.69) is 0 Å². The molecule has 0 aliphatic heterocycles. The number of hydrogen-bond acceptors (Lipinski definition) is 2. The fraction of sp³-hybridized carbons (Fsp3) is 0.500. The number of rotatable bonds is 4. The summed E-state index contributed by atoms with van der Waals surface area (Å²) < 4.78 is 1.67. The third kappa shape index (κ3) is 1.87. The van der Waals surface area contributed by atoms with Gasteiger partial charge in [0.05, 0.1) is 0 Å². The van der Waals surface area contributed by atoms with Crippen molar-refractivity contribution in [1.82, 2.24) is 4.57 Å². The van der Waals surface area contributed by atoms with Gasteiger partial charge in [-0.1, -0.05) is 13.3 Å². The second-order valence-electron chi connectivity index (χ2n) is 4.20. The summed E-state index contributed by atoms with van der Waals surface area (Å²) in [6.45, 7) is 2.05. The molecular weight excluding hydrogens is 206 g/mol. The normalized spacial score (nSPS) is 15.1. The lowest BCUT2D eigenvalue weighted by atomic mass is 10.1. The third-order valence-corrected chi connectivity index (χ3v) is 2.85. The molecule has 0 amide bonds. The van der Waals surface area contributed by atoms with Crippen molar-refractivity contribution in [3.63, 3.8) is 0 Å². The van der Waals surface area contributed by atoms with Gasteiger partial charge in [-0.3, -0.25) is 4.79 Å². The molecule has 0 bridgehead atoms. The van der Waals surface area contributed by atoms with Crippen molar-refractivity contribution < 1.29 is 9.90 Å². The van der Waals surface area contributed by atoms with Crippen LogP contribution in [0.4, 0.5) is 0 Å². The van der Waals surface area contributed by atoms with E-state index in [1.54, 1.807) is 10.6 Å². The maximum absolute atomic E-state index is 12.0. The van der Waals surface area contributed by atoms with Crippen LogP contribution in [-0.2, 0) is 6.42 Å². The molecule has 0 aromatic carbocycles. The highest BCUT2D eigenvalue weighted by Gasteiger charge is 2.28. The molecular formula is C12H15NO3. The Morgan fingerprint density at radius 3 is 2.69 bits per heavy atom. The van der Waals surface area contributed by atoms with E-state index in [0.29, 0.717) is 0 Å². The Labute approximate surface area is 93.5 Å². The second kappa shape index (κ2) is 4.12. The fourth-order valence-corrected chi connectivity index (χ4v) is 1.95. The standard InChI is InChI=1S/C12H15NO3/c1-2-3-8-6-7-10(12(15)16)11(14)13(8)9-4-5-9/h6-7,9H,2-5H2,1H3,(H,15,16). The summed E-state index contributed by atoms with van der Waals surface area (Å²) in [6.07, 6.45) is 3.75. The zero-order valence-corrected chi connectivity index (χ0v) is 9.27. The molecule has 16 heavy (non-hydrogen) atoms. The van der Waals surface area contributed by atoms with E-state index < -0.39 is 5.97 Å². The molecule has 1 aromatic heterocycles. The molecule has 1 aliphatic rings. The Kier molecular flexibility index (Phi) is 2.81. The topological polar surface area (TPSA) is 59.3 Å². The molecule has 0 unspecified atom stereocenters. The van der Waals surface area contributed by atoms with Crippen LogP contribution in [-0.4, -0.2) is 15.6 Å². The van der Waals surface area contributed by atoms with Gasteiger partial charge in [-0.2, -0.15) is 0 Å². The first-order valence-corrected chi connectivity index (χ1v) is 5.63. The molecule has 1 aliphatic carbocycles. The maximum Gasteiger partial charge on any atom is 0.341 e. The van der Waals surface area contributed by atoms with Crippen molar-refractivity contribution in [2.45, 2.75) is 38.6 Å². The number of carboxylic acids is 1. The monoisotopic (exact) mass is 221 g/mol. The van der Waals surface area contributed by atoms with E-state index in [1.165, 1.54) is 6.07 Å². The zero-order chi connectivity index (χ0) is 11.7. The lowest BCUT2D eigenvalue weighted by Crippen LogP contribution is -2.28. The molecule has 1 heterocycles. The Morgan fingerprint density at radius 1 is 1.50 bits per heavy atom. The smallest absolute Gasteiger partial charge is 0.341 e. The first-order chi connectivity index (χ1) is 7.65. The average Bonchev–Trinajstić information content (AvgIpc) is 3.01. The molecule has 0 saturated heterocycles. The summed E-state index contributed by atoms with van der Waals surface area (Å²) in [6, 6.07) is 3.43. The molecule has 1 fully saturated rings. The van der Waals surface area contributed by atoms with Crippen LogP contribution in [0.5, 0.6) is 0 Å². The molecule has 1 aromatic rings. The molecule has 0 spiro atoms. The first kappa shape index (κ1) is 10.9. The van der Waals surface area contributed by atoms with Crippen LogP contribution in [0.15, 0.2) is 16.9 Å². The Bertz CT molecular complexity index is 472. The van der Waals surface area contributed by atoms with Crippen molar-refractivity contribution in [1.29, 1.82) is 0 Å². The summed E-state index contributed by atoms with van der Waals surface area (Å²) in [5, 5.41) is 8.90. The quantitative estimate of drug-likeness (QED) is 0.843. The fourth-order valence-electron chi connectivity index (χ4n) is 1.95. The number of carbonyl (C=O) groups is 1. The largest absolute Gasteiger partial charge is 0.477 e. The lowest BCUT2D eigenvalue weighted by molar-refractivity contribution is 0.0694. The van der Waals surface area contributed by atoms with Crippen molar-refractivity contribution in [3.8, 4) is 0 Å². The maximum atomic E-state index is 12.0. The predicted molar refractivity (Wildman–Crippen MR) is 59.9 cm³/mol. The van der Waals surface area contributed by atoms with Crippen LogP contribution in [0.25, 0.3) is 0 Å². The van der Waals surface area contributed by atoms with E-state index in [9.17, 15) is 9.59 Å². The molecule has 4 nitrogen and oxygen atoms in total. The van der Waals surface area contributed by atoms with Gasteiger partial charge in [0.1, 0.15) is 5.56 Å². The third-order valence-electron chi connectivity index (χ3n) is 2.85. The molecule has 1 saturated carbocycles. The van der Waals surface area contributed by atoms with Crippen LogP contribution in [0.3, 0.4) is 0 Å². The minimum Gasteiger partial charge on any atom is -0.477 e. The molecule has 0 radical (unpaired) electrons. The Balaban J connectivity index is 2.53. The molecule has 4 heteroatoms. The van der Waals surface area contributed by atoms with E-state index in [0.717, 1.165) is 31.4 Å². The van der Waals surface area contributed by atoms with Gasteiger partial charge in [-0.25, -0.2) is 4.79 Å². The van der Waals surface area contributed by atoms with Crippen LogP contribution in [0, 0.1) is 0 Å². The number of nitrogens with zero attached hydrogens (tertiary/aromatic N) is 1. The van der Waals surface area contributed by atoms with Crippen molar-refractivity contribution in [3.05, 3.63) is 33.7 Å². The van der Waals surface area contributed by atoms with Gasteiger partial charge in [0.15, 0.2) is 0 Å². The second-order valence-corrected chi connectivity index (χ2v) is 4.20. The SMILES string of the molecule is CCCc1ccc(C(=O)O)c(=O)n1C1CC1. The summed E-state index contributed by atoms with van der Waals surface area (Å²) in [5.74, 6) is -1.14. The number of aryl methyl sites for hydroxylation is 1. The van der Waals surface area contributed by atoms with Crippen LogP contribution in [0.1, 0.15) is 48.3 Å². The highest BCUT2D eigenvalue weighted by atomic mass is 16.4. The van der Waals surface area contributed by atoms with Crippen molar-refractivity contribution in [2.75, 3.05) is 0 Å². The van der Waals surface area contributed by atoms with E-state index in [-0.39, 0.29) is 17.2 Å². The van der Waals surface area contributed by atoms with Gasteiger partial charge in [-0.15, -0.1) is 0 Å². The molecule has 0 atom stereocenters. The van der Waals surface area contributed by atoms with Crippen LogP contribution >= 0.6 is 0 Å². The van der Waals surface area contributed by atoms with Crippen LogP contribution in [0.2, 0.25) is 0 Å². The summed E-state index contributed by atoms with van der Waals surface area (Å²) in [4.78, 5) is 22.8. The Morgan fingerprint density at radius 2 is 2.19 bits per heavy atom. The molecule has 86 valence electrons. The number of hydrogen-bond donors (Lipinski definition) is 1. The predicted octanol–water partition coefficient (Wildman–Crippen LogP) is 1.83. The zero-order valence-electron chi connectivity index (χ0n) is 9.27. The average molecular weight is 221 g/mol. The number of aromatic nitrogens is 1. The van der Waals surface area contributed by atoms with Gasteiger partial charge in [0.2, 0.25) is 0 Å². The van der Waals surface area contributed by atoms with Gasteiger partial charge < -0.3 is 9.67 Å². The first-order valence-electron chi connectivity index (χ1n) is 5.63. The summed E-state index contributed by atoms with van der Waals surface area (Å²) in [7, 11) is 0. The van der Waals surface area contributed by atoms with Crippen molar-refractivity contribution in [2.24, 2.45) is 0 Å². The van der Waals surface area contributed by atoms with Gasteiger partial charge in [0.25, 0.3) is 5.56 Å². The van der Waals surface area contributed by atoms with Crippen molar-refractivity contribution >= 4 is 5.97 Å². The number of carboxylic acid groups (broad SMARTS) is 1. The number of pyridine rings is 1. The van der Waals surface area contributed by atoms with E-state index in [4.69, 9.17) is 5.11 Å². The highest BCUT2D eigenvalue weighted by molar-refractivity contribution is 5.87. The van der Waals surface area contributed by atoms with Gasteiger partial charge in [0, 0.05) is 11.7 Å². The van der Waals surface area contributed by atoms with E-state index >= 15 is 0 Å². The molecule has 1 N–H and O–H groups in total. The van der Waals surface area contributed by atoms with Gasteiger partial charge in [-0.05, 0) is 31.4 Å². The molecule has 2 rings (SSSR count). The lowest BCUT2D eigenvalue weighted by Gasteiger charge is -2.11. The van der Waals surface area contributed by atoms with Gasteiger partial charge >= 0.3 is 5.97 Å². The number of aromatic carboxylic acids is 1.